The lowest BCUT2D eigenvalue weighted by Gasteiger charge is -2.43. The van der Waals surface area contributed by atoms with E-state index in [9.17, 15) is 4.79 Å². The summed E-state index contributed by atoms with van der Waals surface area (Å²) < 4.78 is 0. The maximum atomic E-state index is 13.0. The minimum absolute atomic E-state index is 0.0871. The highest BCUT2D eigenvalue weighted by atomic mass is 16.1. The molecule has 120 valence electrons. The molecule has 3 rings (SSSR count). The van der Waals surface area contributed by atoms with Crippen LogP contribution >= 0.6 is 0 Å². The number of carbonyl (C=O) groups excluding carboxylic acids is 1. The van der Waals surface area contributed by atoms with E-state index in [1.165, 1.54) is 0 Å². The van der Waals surface area contributed by atoms with E-state index < -0.39 is 11.0 Å². The highest BCUT2D eigenvalue weighted by Crippen LogP contribution is 2.58. The number of Topliss-reactive ketones (excluding diaryl/α,β-unsaturated/α-hetero) is 1. The van der Waals surface area contributed by atoms with Gasteiger partial charge in [-0.15, -0.1) is 0 Å². The van der Waals surface area contributed by atoms with Gasteiger partial charge in [0.05, 0.1) is 5.41 Å². The molecule has 0 radical (unpaired) electrons. The second-order valence-corrected chi connectivity index (χ2v) is 6.20. The van der Waals surface area contributed by atoms with Gasteiger partial charge in [0, 0.05) is 12.1 Å². The minimum atomic E-state index is -0.941. The Balaban J connectivity index is 2.17. The van der Waals surface area contributed by atoms with E-state index >= 15 is 0 Å². The number of carbonyl (C=O) groups is 1. The standard InChI is InChI=1S/C16H20N6O/c17-20-12-6-8-15(9-7-12)14(23)13(21-18)10-16(15,22-19)11-4-2-1-3-5-11/h1-5,19H,6-10,17-18H2. The van der Waals surface area contributed by atoms with Crippen LogP contribution in [0, 0.1) is 10.9 Å². The Morgan fingerprint density at radius 3 is 2.22 bits per heavy atom. The summed E-state index contributed by atoms with van der Waals surface area (Å²) in [5.41, 5.74) is 8.26. The Kier molecular flexibility index (Phi) is 3.71. The first-order valence-corrected chi connectivity index (χ1v) is 7.65. The van der Waals surface area contributed by atoms with Crippen molar-refractivity contribution in [2.45, 2.75) is 37.6 Å². The lowest BCUT2D eigenvalue weighted by atomic mass is 9.60. The van der Waals surface area contributed by atoms with Crippen LogP contribution in [-0.4, -0.2) is 17.2 Å². The van der Waals surface area contributed by atoms with Crippen molar-refractivity contribution in [1.29, 1.82) is 5.53 Å². The summed E-state index contributed by atoms with van der Waals surface area (Å²) in [7, 11) is 0. The number of nitrogens with zero attached hydrogens (tertiary/aromatic N) is 3. The summed E-state index contributed by atoms with van der Waals surface area (Å²) in [5, 5.41) is 11.5. The van der Waals surface area contributed by atoms with Crippen LogP contribution in [0.25, 0.3) is 0 Å². The minimum Gasteiger partial charge on any atom is -0.323 e. The molecular weight excluding hydrogens is 292 g/mol. The zero-order valence-electron chi connectivity index (χ0n) is 12.8. The third-order valence-corrected chi connectivity index (χ3v) is 5.37. The average molecular weight is 312 g/mol. The first-order chi connectivity index (χ1) is 11.1. The van der Waals surface area contributed by atoms with Crippen molar-refractivity contribution in [3.05, 3.63) is 35.9 Å². The van der Waals surface area contributed by atoms with E-state index in [0.29, 0.717) is 31.4 Å². The molecular formula is C16H20N6O. The van der Waals surface area contributed by atoms with Gasteiger partial charge in [-0.2, -0.15) is 15.3 Å². The largest absolute Gasteiger partial charge is 0.323 e. The van der Waals surface area contributed by atoms with Crippen molar-refractivity contribution in [1.82, 2.24) is 0 Å². The van der Waals surface area contributed by atoms with E-state index in [0.717, 1.165) is 11.3 Å². The Hall–Kier alpha value is -2.57. The third-order valence-electron chi connectivity index (χ3n) is 5.37. The Morgan fingerprint density at radius 1 is 1.04 bits per heavy atom. The zero-order chi connectivity index (χ0) is 16.5. The van der Waals surface area contributed by atoms with Gasteiger partial charge in [-0.05, 0) is 31.2 Å². The topological polar surface area (TPSA) is 130 Å². The second kappa shape index (κ2) is 5.57. The van der Waals surface area contributed by atoms with Gasteiger partial charge in [-0.1, -0.05) is 30.3 Å². The van der Waals surface area contributed by atoms with Crippen molar-refractivity contribution < 1.29 is 4.79 Å². The molecule has 0 bridgehead atoms. The summed E-state index contributed by atoms with van der Waals surface area (Å²) >= 11 is 0. The summed E-state index contributed by atoms with van der Waals surface area (Å²) in [6.45, 7) is 0. The van der Waals surface area contributed by atoms with Crippen molar-refractivity contribution in [3.63, 3.8) is 0 Å². The number of ketones is 1. The SMILES string of the molecule is N=NC1(c2ccccc2)CC(=NN)C(=O)C12CCC(=NN)CC2. The number of nitrogens with one attached hydrogen (secondary N) is 1. The summed E-state index contributed by atoms with van der Waals surface area (Å²) in [6.07, 6.45) is 2.63. The molecule has 0 heterocycles. The lowest BCUT2D eigenvalue weighted by molar-refractivity contribution is -0.125. The first kappa shape index (κ1) is 15.3. The molecule has 1 spiro atoms. The number of rotatable bonds is 2. The molecule has 0 aromatic heterocycles. The first-order valence-electron chi connectivity index (χ1n) is 7.65. The highest BCUT2D eigenvalue weighted by molar-refractivity contribution is 6.44. The van der Waals surface area contributed by atoms with Crippen LogP contribution in [0.1, 0.15) is 37.7 Å². The van der Waals surface area contributed by atoms with Crippen molar-refractivity contribution in [3.8, 4) is 0 Å². The van der Waals surface area contributed by atoms with Gasteiger partial charge < -0.3 is 11.7 Å². The van der Waals surface area contributed by atoms with Gasteiger partial charge in [0.1, 0.15) is 11.3 Å². The molecule has 1 unspecified atom stereocenters. The molecule has 2 aliphatic rings. The molecule has 23 heavy (non-hydrogen) atoms. The number of hydrogen-bond donors (Lipinski definition) is 3. The Bertz CT molecular complexity index is 686. The molecule has 1 aromatic carbocycles. The normalized spacial score (nSPS) is 32.4. The molecule has 7 heteroatoms. The van der Waals surface area contributed by atoms with Gasteiger partial charge in [0.15, 0.2) is 5.78 Å². The van der Waals surface area contributed by atoms with Crippen LogP contribution in [0.4, 0.5) is 0 Å². The van der Waals surface area contributed by atoms with Crippen LogP contribution in [0.15, 0.2) is 45.6 Å². The molecule has 7 nitrogen and oxygen atoms in total. The molecule has 1 atom stereocenters. The van der Waals surface area contributed by atoms with Crippen LogP contribution in [0.2, 0.25) is 0 Å². The molecule has 2 fully saturated rings. The molecule has 2 saturated carbocycles. The van der Waals surface area contributed by atoms with Gasteiger partial charge in [-0.3, -0.25) is 4.79 Å². The van der Waals surface area contributed by atoms with Crippen molar-refractivity contribution >= 4 is 17.2 Å². The van der Waals surface area contributed by atoms with Crippen LogP contribution in [-0.2, 0) is 10.3 Å². The van der Waals surface area contributed by atoms with E-state index in [4.69, 9.17) is 17.2 Å². The maximum Gasteiger partial charge on any atom is 0.187 e. The third kappa shape index (κ3) is 1.99. The zero-order valence-corrected chi connectivity index (χ0v) is 12.8. The van der Waals surface area contributed by atoms with Gasteiger partial charge >= 0.3 is 0 Å². The van der Waals surface area contributed by atoms with Gasteiger partial charge in [0.25, 0.3) is 0 Å². The number of hydrazone groups is 2. The second-order valence-electron chi connectivity index (χ2n) is 6.20. The number of hydrogen-bond acceptors (Lipinski definition) is 7. The predicted octanol–water partition coefficient (Wildman–Crippen LogP) is 2.08. The predicted molar refractivity (Wildman–Crippen MR) is 87.0 cm³/mol. The van der Waals surface area contributed by atoms with Crippen molar-refractivity contribution in [2.75, 3.05) is 0 Å². The van der Waals surface area contributed by atoms with Crippen LogP contribution < -0.4 is 11.7 Å². The fourth-order valence-electron chi connectivity index (χ4n) is 4.10. The molecule has 1 aromatic rings. The summed E-state index contributed by atoms with van der Waals surface area (Å²) in [4.78, 5) is 13.0. The smallest absolute Gasteiger partial charge is 0.187 e. The van der Waals surface area contributed by atoms with E-state index in [-0.39, 0.29) is 12.2 Å². The fourth-order valence-corrected chi connectivity index (χ4v) is 4.10. The van der Waals surface area contributed by atoms with Crippen molar-refractivity contribution in [2.24, 2.45) is 32.4 Å². The quantitative estimate of drug-likeness (QED) is 0.439. The van der Waals surface area contributed by atoms with Crippen LogP contribution in [0.5, 0.6) is 0 Å². The monoisotopic (exact) mass is 312 g/mol. The summed E-state index contributed by atoms with van der Waals surface area (Å²) in [5.74, 6) is 10.7. The van der Waals surface area contributed by atoms with E-state index in [1.807, 2.05) is 30.3 Å². The average Bonchev–Trinajstić information content (AvgIpc) is 2.86. The fraction of sp³-hybridized carbons (Fsp3) is 0.438. The number of nitrogens with two attached hydrogens (primary N) is 2. The van der Waals surface area contributed by atoms with Gasteiger partial charge in [0.2, 0.25) is 0 Å². The number of benzene rings is 1. The van der Waals surface area contributed by atoms with Gasteiger partial charge in [-0.25, -0.2) is 5.53 Å². The molecule has 2 aliphatic carbocycles. The molecule has 0 amide bonds. The molecule has 0 aliphatic heterocycles. The molecule has 0 saturated heterocycles. The Morgan fingerprint density at radius 2 is 1.70 bits per heavy atom. The highest BCUT2D eigenvalue weighted by Gasteiger charge is 2.64. The molecule has 5 N–H and O–H groups in total. The summed E-state index contributed by atoms with van der Waals surface area (Å²) in [6, 6.07) is 9.53. The van der Waals surface area contributed by atoms with E-state index in [1.54, 1.807) is 0 Å². The van der Waals surface area contributed by atoms with Crippen LogP contribution in [0.3, 0.4) is 0 Å². The lowest BCUT2D eigenvalue weighted by Crippen LogP contribution is -2.47. The maximum absolute atomic E-state index is 13.0. The Labute approximate surface area is 134 Å². The van der Waals surface area contributed by atoms with E-state index in [2.05, 4.69) is 15.3 Å².